The Hall–Kier alpha value is -2.29. The minimum absolute atomic E-state index is 0.0498. The molecule has 0 bridgehead atoms. The van der Waals surface area contributed by atoms with Crippen molar-refractivity contribution in [2.75, 3.05) is 6.61 Å². The Bertz CT molecular complexity index is 634. The number of aryl methyl sites for hydroxylation is 1. The Balaban J connectivity index is 1.72. The summed E-state index contributed by atoms with van der Waals surface area (Å²) < 4.78 is 11.3. The zero-order chi connectivity index (χ0) is 13.9. The molecule has 0 saturated heterocycles. The van der Waals surface area contributed by atoms with E-state index in [2.05, 4.69) is 0 Å². The molecule has 0 fully saturated rings. The Morgan fingerprint density at radius 1 is 1.10 bits per heavy atom. The molecule has 1 aliphatic heterocycles. The molecule has 0 amide bonds. The first-order chi connectivity index (χ1) is 9.74. The molecule has 2 aromatic rings. The van der Waals surface area contributed by atoms with Crippen LogP contribution in [0.25, 0.3) is 0 Å². The summed E-state index contributed by atoms with van der Waals surface area (Å²) in [6, 6.07) is 15.3. The normalized spacial score (nSPS) is 16.8. The van der Waals surface area contributed by atoms with Crippen LogP contribution in [-0.2, 0) is 11.2 Å². The van der Waals surface area contributed by atoms with Gasteiger partial charge >= 0.3 is 0 Å². The molecule has 1 atom stereocenters. The molecule has 20 heavy (non-hydrogen) atoms. The first-order valence-corrected chi connectivity index (χ1v) is 6.70. The van der Waals surface area contributed by atoms with Gasteiger partial charge < -0.3 is 9.47 Å². The molecule has 0 N–H and O–H groups in total. The number of hydrogen-bond acceptors (Lipinski definition) is 3. The minimum Gasteiger partial charge on any atom is -0.485 e. The Labute approximate surface area is 118 Å². The number of ether oxygens (including phenoxy) is 2. The van der Waals surface area contributed by atoms with Crippen LogP contribution in [0, 0.1) is 6.92 Å². The average Bonchev–Trinajstić information content (AvgIpc) is 2.49. The number of rotatable bonds is 3. The molecule has 0 aromatic heterocycles. The van der Waals surface area contributed by atoms with Crippen LogP contribution < -0.4 is 9.47 Å². The zero-order valence-corrected chi connectivity index (χ0v) is 11.3. The third-order valence-corrected chi connectivity index (χ3v) is 3.49. The number of carbonyl (C=O) groups is 1. The van der Waals surface area contributed by atoms with Gasteiger partial charge in [-0.3, -0.25) is 4.79 Å². The summed E-state index contributed by atoms with van der Waals surface area (Å²) in [6.45, 7) is 2.29. The van der Waals surface area contributed by atoms with Crippen molar-refractivity contribution in [2.24, 2.45) is 0 Å². The molecule has 1 aliphatic rings. The number of fused-ring (bicyclic) bond motifs is 1. The van der Waals surface area contributed by atoms with Gasteiger partial charge in [0.1, 0.15) is 6.61 Å². The molecular formula is C17H16O3. The molecule has 0 saturated carbocycles. The van der Waals surface area contributed by atoms with Crippen molar-refractivity contribution in [1.29, 1.82) is 0 Å². The highest BCUT2D eigenvalue weighted by Gasteiger charge is 2.27. The van der Waals surface area contributed by atoms with Gasteiger partial charge in [0.15, 0.2) is 23.4 Å². The second kappa shape index (κ2) is 5.37. The summed E-state index contributed by atoms with van der Waals surface area (Å²) in [5.41, 5.74) is 2.16. The van der Waals surface area contributed by atoms with E-state index in [0.29, 0.717) is 17.9 Å². The van der Waals surface area contributed by atoms with Crippen molar-refractivity contribution < 1.29 is 14.3 Å². The van der Waals surface area contributed by atoms with Gasteiger partial charge in [0.2, 0.25) is 0 Å². The lowest BCUT2D eigenvalue weighted by Crippen LogP contribution is -2.37. The van der Waals surface area contributed by atoms with E-state index >= 15 is 0 Å². The minimum atomic E-state index is -0.524. The molecule has 3 nitrogen and oxygen atoms in total. The van der Waals surface area contributed by atoms with Gasteiger partial charge in [-0.05, 0) is 30.2 Å². The number of para-hydroxylation sites is 2. The van der Waals surface area contributed by atoms with Gasteiger partial charge in [0.05, 0.1) is 0 Å². The van der Waals surface area contributed by atoms with Crippen LogP contribution in [0.2, 0.25) is 0 Å². The highest BCUT2D eigenvalue weighted by Crippen LogP contribution is 2.31. The third kappa shape index (κ3) is 2.52. The zero-order valence-electron chi connectivity index (χ0n) is 11.3. The highest BCUT2D eigenvalue weighted by molar-refractivity contribution is 5.86. The number of ketones is 1. The van der Waals surface area contributed by atoms with Gasteiger partial charge in [-0.2, -0.15) is 0 Å². The summed E-state index contributed by atoms with van der Waals surface area (Å²) >= 11 is 0. The first kappa shape index (κ1) is 12.7. The van der Waals surface area contributed by atoms with Crippen LogP contribution >= 0.6 is 0 Å². The molecule has 1 heterocycles. The largest absolute Gasteiger partial charge is 0.485 e. The number of Topliss-reactive ketones (excluding diaryl/α,β-unsaturated/α-hetero) is 1. The summed E-state index contributed by atoms with van der Waals surface area (Å²) in [5.74, 6) is 1.39. The molecule has 3 heteroatoms. The first-order valence-electron chi connectivity index (χ1n) is 6.70. The predicted molar refractivity (Wildman–Crippen MR) is 76.2 cm³/mol. The average molecular weight is 268 g/mol. The molecule has 102 valence electrons. The van der Waals surface area contributed by atoms with Gasteiger partial charge in [-0.25, -0.2) is 0 Å². The van der Waals surface area contributed by atoms with Crippen molar-refractivity contribution in [3.8, 4) is 11.5 Å². The fraction of sp³-hybridized carbons (Fsp3) is 0.235. The second-order valence-corrected chi connectivity index (χ2v) is 4.93. The molecule has 1 unspecified atom stereocenters. The van der Waals surface area contributed by atoms with Crippen molar-refractivity contribution in [3.05, 3.63) is 59.7 Å². The number of benzene rings is 2. The molecule has 0 spiro atoms. The molecule has 0 aliphatic carbocycles. The Morgan fingerprint density at radius 3 is 2.60 bits per heavy atom. The lowest BCUT2D eigenvalue weighted by Gasteiger charge is -2.25. The van der Waals surface area contributed by atoms with Crippen LogP contribution in [0.15, 0.2) is 48.5 Å². The van der Waals surface area contributed by atoms with E-state index in [1.165, 1.54) is 0 Å². The third-order valence-electron chi connectivity index (χ3n) is 3.49. The van der Waals surface area contributed by atoms with Crippen LogP contribution in [0.5, 0.6) is 11.5 Å². The van der Waals surface area contributed by atoms with E-state index in [4.69, 9.17) is 9.47 Å². The van der Waals surface area contributed by atoms with Crippen LogP contribution in [0.4, 0.5) is 0 Å². The molecule has 0 radical (unpaired) electrons. The Morgan fingerprint density at radius 2 is 1.80 bits per heavy atom. The Kier molecular flexibility index (Phi) is 3.42. The van der Waals surface area contributed by atoms with Crippen molar-refractivity contribution in [1.82, 2.24) is 0 Å². The van der Waals surface area contributed by atoms with E-state index in [9.17, 15) is 4.79 Å². The monoisotopic (exact) mass is 268 g/mol. The van der Waals surface area contributed by atoms with E-state index in [1.807, 2.05) is 55.5 Å². The summed E-state index contributed by atoms with van der Waals surface area (Å²) in [5, 5.41) is 0. The highest BCUT2D eigenvalue weighted by atomic mass is 16.6. The second-order valence-electron chi connectivity index (χ2n) is 4.93. The number of carbonyl (C=O) groups excluding carboxylic acids is 1. The lowest BCUT2D eigenvalue weighted by molar-refractivity contribution is -0.127. The maximum Gasteiger partial charge on any atom is 0.191 e. The van der Waals surface area contributed by atoms with Crippen molar-refractivity contribution >= 4 is 5.78 Å². The fourth-order valence-corrected chi connectivity index (χ4v) is 2.29. The summed E-state index contributed by atoms with van der Waals surface area (Å²) in [7, 11) is 0. The van der Waals surface area contributed by atoms with Crippen LogP contribution in [0.3, 0.4) is 0 Å². The molecule has 2 aromatic carbocycles. The van der Waals surface area contributed by atoms with Gasteiger partial charge in [-0.1, -0.05) is 36.4 Å². The van der Waals surface area contributed by atoms with Gasteiger partial charge in [0.25, 0.3) is 0 Å². The molecular weight excluding hydrogens is 252 g/mol. The summed E-state index contributed by atoms with van der Waals surface area (Å²) in [6.07, 6.45) is -0.146. The fourth-order valence-electron chi connectivity index (χ4n) is 2.29. The molecule has 3 rings (SSSR count). The standard InChI is InChI=1S/C17H16O3/c1-12-6-2-3-7-13(12)10-14(18)17-11-19-15-8-4-5-9-16(15)20-17/h2-9,17H,10-11H2,1H3. The van der Waals surface area contributed by atoms with Crippen LogP contribution in [-0.4, -0.2) is 18.5 Å². The topological polar surface area (TPSA) is 35.5 Å². The quantitative estimate of drug-likeness (QED) is 0.858. The summed E-state index contributed by atoms with van der Waals surface area (Å²) in [4.78, 5) is 12.3. The van der Waals surface area contributed by atoms with E-state index in [0.717, 1.165) is 11.1 Å². The van der Waals surface area contributed by atoms with E-state index in [-0.39, 0.29) is 12.4 Å². The predicted octanol–water partition coefficient (Wildman–Crippen LogP) is 2.95. The van der Waals surface area contributed by atoms with Crippen molar-refractivity contribution in [2.45, 2.75) is 19.4 Å². The van der Waals surface area contributed by atoms with Gasteiger partial charge in [-0.15, -0.1) is 0 Å². The van der Waals surface area contributed by atoms with Crippen LogP contribution in [0.1, 0.15) is 11.1 Å². The van der Waals surface area contributed by atoms with Gasteiger partial charge in [0, 0.05) is 6.42 Å². The lowest BCUT2D eigenvalue weighted by atomic mass is 10.0. The maximum absolute atomic E-state index is 12.3. The van der Waals surface area contributed by atoms with E-state index in [1.54, 1.807) is 0 Å². The van der Waals surface area contributed by atoms with Crippen molar-refractivity contribution in [3.63, 3.8) is 0 Å². The SMILES string of the molecule is Cc1ccccc1CC(=O)C1COc2ccccc2O1. The maximum atomic E-state index is 12.3. The smallest absolute Gasteiger partial charge is 0.191 e. The number of hydrogen-bond donors (Lipinski definition) is 0. The van der Waals surface area contributed by atoms with E-state index < -0.39 is 6.10 Å².